The molecule has 0 aromatic carbocycles. The predicted molar refractivity (Wildman–Crippen MR) is 150 cm³/mol. The van der Waals surface area contributed by atoms with Crippen LogP contribution in [-0.4, -0.2) is 0 Å². The molecule has 0 fully saturated rings. The Labute approximate surface area is 205 Å². The quantitative estimate of drug-likeness (QED) is 0.0788. The fraction of sp³-hybridized carbons (Fsp3) is 0.938. The van der Waals surface area contributed by atoms with Crippen LogP contribution < -0.4 is 0 Å². The molecule has 0 N–H and O–H groups in total. The lowest BCUT2D eigenvalue weighted by molar-refractivity contribution is 0.514. The van der Waals surface area contributed by atoms with Crippen LogP contribution in [0.1, 0.15) is 193 Å². The Kier molecular flexibility index (Phi) is 30.5. The van der Waals surface area contributed by atoms with E-state index in [1.165, 1.54) is 186 Å². The van der Waals surface area contributed by atoms with Crippen molar-refractivity contribution < 1.29 is 0 Å². The largest absolute Gasteiger partial charge is 0.103 e. The summed E-state index contributed by atoms with van der Waals surface area (Å²) in [5, 5.41) is 0. The molecule has 0 heterocycles. The normalized spacial score (nSPS) is 11.3. The molecule has 0 unspecified atom stereocenters. The summed E-state index contributed by atoms with van der Waals surface area (Å²) in [6.07, 6.45) is 44.4. The van der Waals surface area contributed by atoms with Crippen LogP contribution in [0, 0.1) is 0 Å². The third-order valence-corrected chi connectivity index (χ3v) is 7.26. The van der Waals surface area contributed by atoms with E-state index in [1.54, 1.807) is 0 Å². The second kappa shape index (κ2) is 30.7. The Morgan fingerprint density at radius 1 is 0.312 bits per heavy atom. The van der Waals surface area contributed by atoms with E-state index in [2.05, 4.69) is 19.6 Å². The van der Waals surface area contributed by atoms with E-state index in [0.717, 1.165) is 0 Å². The molecule has 192 valence electrons. The molecule has 32 heavy (non-hydrogen) atoms. The maximum absolute atomic E-state index is 3.80. The highest BCUT2D eigenvalue weighted by Gasteiger charge is 1.96. The van der Waals surface area contributed by atoms with Crippen molar-refractivity contribution in [3.05, 3.63) is 12.7 Å². The Hall–Kier alpha value is -0.260. The lowest BCUT2D eigenvalue weighted by atomic mass is 10.0. The van der Waals surface area contributed by atoms with Gasteiger partial charge in [-0.3, -0.25) is 0 Å². The van der Waals surface area contributed by atoms with E-state index >= 15 is 0 Å². The lowest BCUT2D eigenvalue weighted by Gasteiger charge is -2.04. The first-order valence-corrected chi connectivity index (χ1v) is 15.5. The Balaban J connectivity index is 2.99. The van der Waals surface area contributed by atoms with Crippen LogP contribution in [0.4, 0.5) is 0 Å². The minimum Gasteiger partial charge on any atom is -0.103 e. The fourth-order valence-electron chi connectivity index (χ4n) is 4.96. The summed E-state index contributed by atoms with van der Waals surface area (Å²) in [5.74, 6) is 0. The predicted octanol–water partition coefficient (Wildman–Crippen LogP) is 12.5. The molecular weight excluding hydrogens is 384 g/mol. The highest BCUT2D eigenvalue weighted by Crippen LogP contribution is 2.16. The summed E-state index contributed by atoms with van der Waals surface area (Å²) >= 11 is 0. The first-order valence-electron chi connectivity index (χ1n) is 15.5. The third-order valence-electron chi connectivity index (χ3n) is 7.26. The summed E-state index contributed by atoms with van der Waals surface area (Å²) in [7, 11) is 0. The van der Waals surface area contributed by atoms with Crippen LogP contribution in [0.3, 0.4) is 0 Å². The molecule has 0 spiro atoms. The SMILES string of the molecule is C=CCCCCCCCCCCCCCCCCCCCCCCCCCCCCCC. The van der Waals surface area contributed by atoms with Crippen molar-refractivity contribution in [2.45, 2.75) is 193 Å². The summed E-state index contributed by atoms with van der Waals surface area (Å²) in [5.41, 5.74) is 0. The average molecular weight is 449 g/mol. The zero-order chi connectivity index (χ0) is 23.2. The summed E-state index contributed by atoms with van der Waals surface area (Å²) < 4.78 is 0. The molecule has 0 aliphatic heterocycles. The van der Waals surface area contributed by atoms with Crippen molar-refractivity contribution in [2.24, 2.45) is 0 Å². The van der Waals surface area contributed by atoms with Crippen LogP contribution in [0.2, 0.25) is 0 Å². The number of hydrogen-bond acceptors (Lipinski definition) is 0. The summed E-state index contributed by atoms with van der Waals surface area (Å²) in [6.45, 7) is 6.10. The van der Waals surface area contributed by atoms with Crippen molar-refractivity contribution in [1.29, 1.82) is 0 Å². The standard InChI is InChI=1S/C32H64/c1-3-5-7-9-11-13-15-17-19-21-23-25-27-29-31-32-30-28-26-24-22-20-18-16-14-12-10-8-6-4-2/h3H,1,4-32H2,2H3. The van der Waals surface area contributed by atoms with Gasteiger partial charge in [-0.1, -0.05) is 186 Å². The van der Waals surface area contributed by atoms with Crippen LogP contribution in [0.5, 0.6) is 0 Å². The van der Waals surface area contributed by atoms with E-state index < -0.39 is 0 Å². The van der Waals surface area contributed by atoms with Crippen molar-refractivity contribution >= 4 is 0 Å². The second-order valence-electron chi connectivity index (χ2n) is 10.6. The molecule has 0 aliphatic rings. The van der Waals surface area contributed by atoms with Gasteiger partial charge in [-0.15, -0.1) is 6.58 Å². The van der Waals surface area contributed by atoms with Gasteiger partial charge in [0.05, 0.1) is 0 Å². The molecule has 0 aromatic heterocycles. The van der Waals surface area contributed by atoms with E-state index in [1.807, 2.05) is 0 Å². The minimum absolute atomic E-state index is 1.21. The van der Waals surface area contributed by atoms with Gasteiger partial charge in [0, 0.05) is 0 Å². The highest BCUT2D eigenvalue weighted by molar-refractivity contribution is 4.65. The van der Waals surface area contributed by atoms with Gasteiger partial charge >= 0.3 is 0 Å². The van der Waals surface area contributed by atoms with E-state index in [4.69, 9.17) is 0 Å². The fourth-order valence-corrected chi connectivity index (χ4v) is 4.96. The van der Waals surface area contributed by atoms with Gasteiger partial charge in [-0.2, -0.15) is 0 Å². The molecule has 0 nitrogen and oxygen atoms in total. The molecule has 0 amide bonds. The maximum Gasteiger partial charge on any atom is -0.0353 e. The van der Waals surface area contributed by atoms with Crippen LogP contribution >= 0.6 is 0 Å². The molecule has 0 saturated carbocycles. The number of rotatable bonds is 29. The van der Waals surface area contributed by atoms with Crippen molar-refractivity contribution in [3.63, 3.8) is 0 Å². The van der Waals surface area contributed by atoms with Crippen molar-refractivity contribution in [1.82, 2.24) is 0 Å². The molecule has 0 radical (unpaired) electrons. The summed E-state index contributed by atoms with van der Waals surface area (Å²) in [6, 6.07) is 0. The highest BCUT2D eigenvalue weighted by atomic mass is 14.0. The Morgan fingerprint density at radius 2 is 0.500 bits per heavy atom. The maximum atomic E-state index is 3.80. The molecule has 0 aromatic rings. The molecular formula is C32H64. The van der Waals surface area contributed by atoms with Gasteiger partial charge in [-0.05, 0) is 12.8 Å². The average Bonchev–Trinajstić information content (AvgIpc) is 2.81. The number of allylic oxidation sites excluding steroid dienone is 1. The van der Waals surface area contributed by atoms with Gasteiger partial charge in [0.2, 0.25) is 0 Å². The van der Waals surface area contributed by atoms with Gasteiger partial charge in [-0.25, -0.2) is 0 Å². The zero-order valence-electron chi connectivity index (χ0n) is 22.8. The molecule has 0 aliphatic carbocycles. The van der Waals surface area contributed by atoms with Crippen LogP contribution in [-0.2, 0) is 0 Å². The van der Waals surface area contributed by atoms with Gasteiger partial charge in [0.25, 0.3) is 0 Å². The van der Waals surface area contributed by atoms with Crippen LogP contribution in [0.15, 0.2) is 12.7 Å². The van der Waals surface area contributed by atoms with E-state index in [-0.39, 0.29) is 0 Å². The third kappa shape index (κ3) is 29.7. The zero-order valence-corrected chi connectivity index (χ0v) is 22.8. The molecule has 0 saturated heterocycles. The Morgan fingerprint density at radius 3 is 0.688 bits per heavy atom. The molecule has 0 bridgehead atoms. The first kappa shape index (κ1) is 31.7. The van der Waals surface area contributed by atoms with E-state index in [9.17, 15) is 0 Å². The van der Waals surface area contributed by atoms with E-state index in [0.29, 0.717) is 0 Å². The molecule has 0 atom stereocenters. The van der Waals surface area contributed by atoms with Gasteiger partial charge in [0.1, 0.15) is 0 Å². The monoisotopic (exact) mass is 449 g/mol. The van der Waals surface area contributed by atoms with Crippen molar-refractivity contribution in [2.75, 3.05) is 0 Å². The first-order chi connectivity index (χ1) is 15.9. The van der Waals surface area contributed by atoms with Crippen LogP contribution in [0.25, 0.3) is 0 Å². The lowest BCUT2D eigenvalue weighted by Crippen LogP contribution is -1.85. The molecule has 0 heteroatoms. The number of hydrogen-bond donors (Lipinski definition) is 0. The number of unbranched alkanes of at least 4 members (excludes halogenated alkanes) is 28. The smallest absolute Gasteiger partial charge is 0.0353 e. The topological polar surface area (TPSA) is 0 Å². The summed E-state index contributed by atoms with van der Waals surface area (Å²) in [4.78, 5) is 0. The van der Waals surface area contributed by atoms with Gasteiger partial charge in [0.15, 0.2) is 0 Å². The minimum atomic E-state index is 1.21. The van der Waals surface area contributed by atoms with Crippen molar-refractivity contribution in [3.8, 4) is 0 Å². The second-order valence-corrected chi connectivity index (χ2v) is 10.6. The molecule has 0 rings (SSSR count). The van der Waals surface area contributed by atoms with Gasteiger partial charge < -0.3 is 0 Å². The Bertz CT molecular complexity index is 318.